The van der Waals surface area contributed by atoms with Gasteiger partial charge in [-0.15, -0.1) is 0 Å². The molecule has 0 aromatic rings. The summed E-state index contributed by atoms with van der Waals surface area (Å²) >= 11 is 0. The number of hydrogen-bond acceptors (Lipinski definition) is 14. The number of aliphatic hydroxyl groups is 2. The minimum atomic E-state index is -4.93. The Balaban J connectivity index is 4.34. The molecule has 4 N–H and O–H groups in total. The van der Waals surface area contributed by atoms with Gasteiger partial charge in [0.1, 0.15) is 25.4 Å². The molecule has 0 rings (SSSR count). The lowest BCUT2D eigenvalue weighted by Gasteiger charge is -2.21. The molecule has 580 valence electrons. The number of carbonyl (C=O) groups is 3. The zero-order chi connectivity index (χ0) is 73.7. The Morgan fingerprint density at radius 1 is 0.287 bits per heavy atom. The predicted octanol–water partition coefficient (Wildman–Crippen LogP) is 23.1. The van der Waals surface area contributed by atoms with Gasteiger partial charge in [-0.25, -0.2) is 9.13 Å². The van der Waals surface area contributed by atoms with Crippen LogP contribution in [0.1, 0.15) is 316 Å². The molecule has 0 aromatic heterocycles. The zero-order valence-electron chi connectivity index (χ0n) is 63.3. The number of esters is 3. The zero-order valence-corrected chi connectivity index (χ0v) is 65.1. The first-order valence-corrected chi connectivity index (χ1v) is 42.5. The fraction of sp³-hybridized carbons (Fsp3) is 0.699. The van der Waals surface area contributed by atoms with E-state index in [1.807, 2.05) is 0 Å². The number of ether oxygens (including phenoxy) is 3. The van der Waals surface area contributed by atoms with E-state index in [-0.39, 0.29) is 19.3 Å². The van der Waals surface area contributed by atoms with Gasteiger partial charge in [0.25, 0.3) is 0 Å². The number of rotatable bonds is 74. The molecule has 0 aliphatic carbocycles. The minimum Gasteiger partial charge on any atom is -0.463 e. The van der Waals surface area contributed by atoms with Crippen LogP contribution in [0.3, 0.4) is 0 Å². The molecule has 0 amide bonds. The smallest absolute Gasteiger partial charge is 0.463 e. The van der Waals surface area contributed by atoms with Crippen molar-refractivity contribution in [3.05, 3.63) is 134 Å². The molecular formula is C83H142O16P2. The first kappa shape index (κ1) is 96.7. The summed E-state index contributed by atoms with van der Waals surface area (Å²) < 4.78 is 61.0. The number of aliphatic hydroxyl groups excluding tert-OH is 2. The number of allylic oxidation sites excluding steroid dienone is 22. The predicted molar refractivity (Wildman–Crippen MR) is 417 cm³/mol. The highest BCUT2D eigenvalue weighted by atomic mass is 31.2. The molecule has 0 aromatic carbocycles. The Bertz CT molecular complexity index is 2370. The third-order valence-electron chi connectivity index (χ3n) is 16.3. The highest BCUT2D eigenvalue weighted by molar-refractivity contribution is 7.47. The average Bonchev–Trinajstić information content (AvgIpc) is 0.974. The van der Waals surface area contributed by atoms with Gasteiger partial charge in [-0.3, -0.25) is 32.5 Å². The van der Waals surface area contributed by atoms with E-state index in [2.05, 4.69) is 154 Å². The van der Waals surface area contributed by atoms with E-state index in [9.17, 15) is 43.5 Å². The van der Waals surface area contributed by atoms with Crippen LogP contribution >= 0.6 is 15.6 Å². The van der Waals surface area contributed by atoms with Crippen molar-refractivity contribution in [2.75, 3.05) is 39.6 Å². The highest BCUT2D eigenvalue weighted by Gasteiger charge is 2.29. The Hall–Kier alpha value is -4.31. The maximum atomic E-state index is 12.9. The molecule has 0 heterocycles. The second kappa shape index (κ2) is 75.4. The van der Waals surface area contributed by atoms with Crippen molar-refractivity contribution in [1.29, 1.82) is 0 Å². The number of unbranched alkanes of at least 4 members (excludes halogenated alkanes) is 29. The van der Waals surface area contributed by atoms with E-state index in [4.69, 9.17) is 32.3 Å². The van der Waals surface area contributed by atoms with E-state index in [1.54, 1.807) is 0 Å². The molecular weight excluding hydrogens is 1310 g/mol. The van der Waals surface area contributed by atoms with E-state index in [0.717, 1.165) is 141 Å². The van der Waals surface area contributed by atoms with Crippen molar-refractivity contribution in [1.82, 2.24) is 0 Å². The Morgan fingerprint density at radius 2 is 0.525 bits per heavy atom. The number of carbonyl (C=O) groups excluding carboxylic acids is 3. The molecule has 0 fully saturated rings. The summed E-state index contributed by atoms with van der Waals surface area (Å²) in [6, 6.07) is 0. The molecule has 0 bridgehead atoms. The number of hydrogen-bond donors (Lipinski definition) is 4. The van der Waals surface area contributed by atoms with Crippen LogP contribution < -0.4 is 0 Å². The SMILES string of the molecule is CC/C=C\C/C=C\C/C=C\C/C=C\C/C=C\CCCCCCCCCCCCCCCCCCCCCC(=O)OCC(O)COP(=O)(O)OCC(O)COP(=O)(O)OCC(COC(=O)CCCCC/C=C\C/C=C\C/C=C\C/C=C\C/C=C\CC)OC(=O)CCCCCCC/C=C\CCCC. The van der Waals surface area contributed by atoms with Gasteiger partial charge in [0, 0.05) is 19.3 Å². The van der Waals surface area contributed by atoms with E-state index in [0.29, 0.717) is 19.3 Å². The molecule has 5 atom stereocenters. The van der Waals surface area contributed by atoms with Crippen LogP contribution in [0.4, 0.5) is 0 Å². The average molecular weight is 1460 g/mol. The molecule has 0 saturated carbocycles. The van der Waals surface area contributed by atoms with Gasteiger partial charge in [0.15, 0.2) is 6.10 Å². The van der Waals surface area contributed by atoms with Gasteiger partial charge >= 0.3 is 33.6 Å². The second-order valence-electron chi connectivity index (χ2n) is 26.1. The molecule has 0 aliphatic rings. The van der Waals surface area contributed by atoms with E-state index >= 15 is 0 Å². The first-order chi connectivity index (χ1) is 49.2. The molecule has 16 nitrogen and oxygen atoms in total. The Morgan fingerprint density at radius 3 is 0.851 bits per heavy atom. The Kier molecular flexibility index (Phi) is 72.2. The Labute approximate surface area is 614 Å². The van der Waals surface area contributed by atoms with Gasteiger partial charge in [0.05, 0.1) is 26.4 Å². The van der Waals surface area contributed by atoms with Crippen LogP contribution in [0.5, 0.6) is 0 Å². The number of phosphoric acid groups is 2. The molecule has 18 heteroatoms. The quantitative estimate of drug-likeness (QED) is 0.0146. The highest BCUT2D eigenvalue weighted by Crippen LogP contribution is 2.45. The standard InChI is InChI=1S/C83H142O16P2/c1-4-7-10-13-16-19-22-24-26-28-30-31-32-33-34-35-36-37-38-39-40-41-42-43-44-45-47-49-50-52-55-57-60-63-66-69-81(86)93-72-78(84)73-95-100(89,90)96-74-79(85)75-97-101(91,92)98-77-80(99-83(88)71-68-65-62-59-54-21-18-15-12-9-6-3)76-94-82(87)70-67-64-61-58-56-53-51-48-46-29-27-25-23-20-17-14-11-8-5-2/h7-8,10-11,15-20,24-27,30-31,33-34,46,48,53,56,78-80,84-85H,4-6,9,12-14,21-23,28-29,32,35-45,47,49-52,54-55,57-77H2,1-3H3,(H,89,90)(H,91,92)/b10-7-,11-8-,18-15-,19-16-,20-17-,26-24-,27-25-,31-30-,34-33-,48-46-,56-53-. The molecule has 0 saturated heterocycles. The lowest BCUT2D eigenvalue weighted by molar-refractivity contribution is -0.161. The molecule has 101 heavy (non-hydrogen) atoms. The van der Waals surface area contributed by atoms with Crippen molar-refractivity contribution in [2.45, 2.75) is 334 Å². The summed E-state index contributed by atoms with van der Waals surface area (Å²) in [6.45, 7) is 2.36. The fourth-order valence-corrected chi connectivity index (χ4v) is 12.0. The third kappa shape index (κ3) is 76.6. The van der Waals surface area contributed by atoms with E-state index in [1.165, 1.54) is 116 Å². The lowest BCUT2D eigenvalue weighted by Crippen LogP contribution is -2.30. The fourth-order valence-electron chi connectivity index (χ4n) is 10.4. The van der Waals surface area contributed by atoms with Crippen molar-refractivity contribution in [2.24, 2.45) is 0 Å². The molecule has 0 spiro atoms. The second-order valence-corrected chi connectivity index (χ2v) is 29.0. The summed E-state index contributed by atoms with van der Waals surface area (Å²) in [5, 5.41) is 20.6. The maximum Gasteiger partial charge on any atom is 0.472 e. The normalized spacial score (nSPS) is 14.7. The first-order valence-electron chi connectivity index (χ1n) is 39.5. The third-order valence-corrected chi connectivity index (χ3v) is 18.2. The van der Waals surface area contributed by atoms with Crippen molar-refractivity contribution >= 4 is 33.6 Å². The van der Waals surface area contributed by atoms with Gasteiger partial charge in [-0.1, -0.05) is 302 Å². The van der Waals surface area contributed by atoms with E-state index < -0.39 is 91.5 Å². The van der Waals surface area contributed by atoms with Crippen LogP contribution in [0, 0.1) is 0 Å². The largest absolute Gasteiger partial charge is 0.472 e. The van der Waals surface area contributed by atoms with Crippen LogP contribution in [-0.4, -0.2) is 95.9 Å². The van der Waals surface area contributed by atoms with Crippen LogP contribution in [0.25, 0.3) is 0 Å². The summed E-state index contributed by atoms with van der Waals surface area (Å²) in [5.74, 6) is -1.62. The van der Waals surface area contributed by atoms with Crippen molar-refractivity contribution < 1.29 is 75.8 Å². The van der Waals surface area contributed by atoms with Gasteiger partial charge in [0.2, 0.25) is 0 Å². The van der Waals surface area contributed by atoms with Crippen LogP contribution in [-0.2, 0) is 55.8 Å². The van der Waals surface area contributed by atoms with Gasteiger partial charge in [-0.05, 0) is 128 Å². The summed E-state index contributed by atoms with van der Waals surface area (Å²) in [5.41, 5.74) is 0. The maximum absolute atomic E-state index is 12.9. The molecule has 5 unspecified atom stereocenters. The topological polar surface area (TPSA) is 231 Å². The number of phosphoric ester groups is 2. The summed E-state index contributed by atoms with van der Waals surface area (Å²) in [6.07, 6.45) is 91.1. The monoisotopic (exact) mass is 1460 g/mol. The molecule has 0 aliphatic heterocycles. The summed E-state index contributed by atoms with van der Waals surface area (Å²) in [4.78, 5) is 58.5. The van der Waals surface area contributed by atoms with Crippen molar-refractivity contribution in [3.63, 3.8) is 0 Å². The van der Waals surface area contributed by atoms with Crippen LogP contribution in [0.2, 0.25) is 0 Å². The van der Waals surface area contributed by atoms with Gasteiger partial charge in [-0.2, -0.15) is 0 Å². The summed E-state index contributed by atoms with van der Waals surface area (Å²) in [7, 11) is -9.79. The minimum absolute atomic E-state index is 0.0844. The van der Waals surface area contributed by atoms with Gasteiger partial charge < -0.3 is 34.2 Å². The van der Waals surface area contributed by atoms with Crippen LogP contribution in [0.15, 0.2) is 134 Å². The van der Waals surface area contributed by atoms with Crippen molar-refractivity contribution in [3.8, 4) is 0 Å². The molecule has 0 radical (unpaired) electrons. The lowest BCUT2D eigenvalue weighted by atomic mass is 10.0.